The Balaban J connectivity index is 1.54. The van der Waals surface area contributed by atoms with Gasteiger partial charge < -0.3 is 0 Å². The summed E-state index contributed by atoms with van der Waals surface area (Å²) in [5.41, 5.74) is 0. The molecule has 3 aromatic carbocycles. The third kappa shape index (κ3) is 4.90. The standard InChI is InChI=1S/C23H22O2S2Se/c1-2-3-14-28-23-11-7-6-10-22(23)27-21-9-5-4-8-20(21)26-17-12-13-18-19(15-17)25-16-24-18/h4-13,15H,2-3,14,16H2,1H3. The molecule has 0 spiro atoms. The van der Waals surface area contributed by atoms with Gasteiger partial charge in [-0.1, -0.05) is 0 Å². The van der Waals surface area contributed by atoms with Crippen LogP contribution in [0.25, 0.3) is 0 Å². The molecule has 0 bridgehead atoms. The molecule has 1 heterocycles. The third-order valence-electron chi connectivity index (χ3n) is 4.25. The normalized spacial score (nSPS) is 12.3. The topological polar surface area (TPSA) is 18.5 Å². The molecule has 0 amide bonds. The molecule has 144 valence electrons. The average Bonchev–Trinajstić information content (AvgIpc) is 3.19. The number of fused-ring (bicyclic) bond motifs is 1. The van der Waals surface area contributed by atoms with Crippen molar-refractivity contribution in [3.63, 3.8) is 0 Å². The molecule has 0 atom stereocenters. The summed E-state index contributed by atoms with van der Waals surface area (Å²) in [5, 5.41) is 1.31. The van der Waals surface area contributed by atoms with Crippen molar-refractivity contribution in [3.8, 4) is 11.5 Å². The molecule has 0 saturated carbocycles. The minimum atomic E-state index is 0.312. The number of benzene rings is 3. The first-order valence-electron chi connectivity index (χ1n) is 9.39. The maximum atomic E-state index is 5.53. The fraction of sp³-hybridized carbons (Fsp3) is 0.217. The van der Waals surface area contributed by atoms with Gasteiger partial charge in [-0.2, -0.15) is 0 Å². The predicted molar refractivity (Wildman–Crippen MR) is 119 cm³/mol. The van der Waals surface area contributed by atoms with Crippen LogP contribution in [0.1, 0.15) is 19.8 Å². The van der Waals surface area contributed by atoms with E-state index in [0.29, 0.717) is 21.7 Å². The van der Waals surface area contributed by atoms with Crippen LogP contribution in [-0.4, -0.2) is 21.7 Å². The Morgan fingerprint density at radius 1 is 0.821 bits per heavy atom. The summed E-state index contributed by atoms with van der Waals surface area (Å²) in [5.74, 6) is 1.66. The Labute approximate surface area is 181 Å². The van der Waals surface area contributed by atoms with E-state index in [9.17, 15) is 0 Å². The zero-order valence-corrected chi connectivity index (χ0v) is 19.1. The summed E-state index contributed by atoms with van der Waals surface area (Å²) >= 11 is 4.20. The summed E-state index contributed by atoms with van der Waals surface area (Å²) in [6.45, 7) is 2.58. The van der Waals surface area contributed by atoms with E-state index in [0.717, 1.165) is 16.4 Å². The van der Waals surface area contributed by atoms with E-state index in [1.807, 2.05) is 17.8 Å². The first kappa shape index (κ1) is 19.8. The monoisotopic (exact) mass is 474 g/mol. The van der Waals surface area contributed by atoms with Gasteiger partial charge in [0, 0.05) is 0 Å². The van der Waals surface area contributed by atoms with Crippen LogP contribution in [0, 0.1) is 0 Å². The molecule has 0 fully saturated rings. The third-order valence-corrected chi connectivity index (χ3v) is 9.32. The zero-order chi connectivity index (χ0) is 19.2. The maximum absolute atomic E-state index is 5.53. The van der Waals surface area contributed by atoms with E-state index in [-0.39, 0.29) is 0 Å². The van der Waals surface area contributed by atoms with E-state index in [4.69, 9.17) is 9.47 Å². The molecular weight excluding hydrogens is 451 g/mol. The molecule has 0 saturated heterocycles. The van der Waals surface area contributed by atoms with Gasteiger partial charge >= 0.3 is 182 Å². The fourth-order valence-electron chi connectivity index (χ4n) is 2.78. The second kappa shape index (κ2) is 9.80. The summed E-state index contributed by atoms with van der Waals surface area (Å²) in [6, 6.07) is 23.7. The van der Waals surface area contributed by atoms with Crippen LogP contribution in [0.3, 0.4) is 0 Å². The molecule has 4 rings (SSSR count). The molecule has 1 aliphatic rings. The summed E-state index contributed by atoms with van der Waals surface area (Å²) in [7, 11) is 0. The molecule has 28 heavy (non-hydrogen) atoms. The van der Waals surface area contributed by atoms with E-state index >= 15 is 0 Å². The SMILES string of the molecule is CCCC[Se]c1ccccc1Sc1ccccc1Sc1ccc2c(c1)OCO2. The fourth-order valence-corrected chi connectivity index (χ4v) is 7.52. The van der Waals surface area contributed by atoms with Crippen molar-refractivity contribution in [2.45, 2.75) is 44.7 Å². The Morgan fingerprint density at radius 2 is 1.54 bits per heavy atom. The number of rotatable bonds is 8. The second-order valence-electron chi connectivity index (χ2n) is 6.31. The number of hydrogen-bond acceptors (Lipinski definition) is 4. The molecule has 2 nitrogen and oxygen atoms in total. The van der Waals surface area contributed by atoms with E-state index in [1.165, 1.54) is 37.3 Å². The van der Waals surface area contributed by atoms with Gasteiger partial charge in [-0.05, 0) is 0 Å². The van der Waals surface area contributed by atoms with Gasteiger partial charge in [0.15, 0.2) is 0 Å². The molecular formula is C23H22O2S2Se. The van der Waals surface area contributed by atoms with Crippen molar-refractivity contribution in [1.29, 1.82) is 0 Å². The van der Waals surface area contributed by atoms with Gasteiger partial charge in [0.05, 0.1) is 0 Å². The Hall–Kier alpha value is -1.52. The van der Waals surface area contributed by atoms with Gasteiger partial charge in [0.1, 0.15) is 0 Å². The Morgan fingerprint density at radius 3 is 2.36 bits per heavy atom. The van der Waals surface area contributed by atoms with Crippen molar-refractivity contribution in [2.75, 3.05) is 6.79 Å². The molecule has 1 aliphatic heterocycles. The first-order valence-corrected chi connectivity index (χ1v) is 13.1. The second-order valence-corrected chi connectivity index (χ2v) is 10.9. The van der Waals surface area contributed by atoms with Gasteiger partial charge in [-0.15, -0.1) is 0 Å². The van der Waals surface area contributed by atoms with Gasteiger partial charge in [-0.25, -0.2) is 0 Å². The average molecular weight is 474 g/mol. The van der Waals surface area contributed by atoms with Crippen LogP contribution < -0.4 is 13.9 Å². The van der Waals surface area contributed by atoms with Crippen LogP contribution in [0.2, 0.25) is 5.32 Å². The summed E-state index contributed by atoms with van der Waals surface area (Å²) < 4.78 is 12.5. The minimum absolute atomic E-state index is 0.312. The Bertz CT molecular complexity index is 945. The van der Waals surface area contributed by atoms with Crippen LogP contribution in [0.15, 0.2) is 86.3 Å². The summed E-state index contributed by atoms with van der Waals surface area (Å²) in [4.78, 5) is 5.11. The van der Waals surface area contributed by atoms with Gasteiger partial charge in [-0.3, -0.25) is 0 Å². The molecule has 0 radical (unpaired) electrons. The van der Waals surface area contributed by atoms with Crippen LogP contribution in [-0.2, 0) is 0 Å². The summed E-state index contributed by atoms with van der Waals surface area (Å²) in [6.07, 6.45) is 2.58. The van der Waals surface area contributed by atoms with Gasteiger partial charge in [0.25, 0.3) is 0 Å². The van der Waals surface area contributed by atoms with Crippen molar-refractivity contribution in [1.82, 2.24) is 0 Å². The molecule has 3 aromatic rings. The van der Waals surface area contributed by atoms with Crippen LogP contribution >= 0.6 is 23.5 Å². The van der Waals surface area contributed by atoms with Crippen molar-refractivity contribution in [3.05, 3.63) is 66.7 Å². The number of hydrogen-bond donors (Lipinski definition) is 0. The van der Waals surface area contributed by atoms with Gasteiger partial charge in [0.2, 0.25) is 0 Å². The quantitative estimate of drug-likeness (QED) is 0.284. The van der Waals surface area contributed by atoms with Crippen LogP contribution in [0.5, 0.6) is 11.5 Å². The van der Waals surface area contributed by atoms with E-state index in [2.05, 4.69) is 67.6 Å². The molecule has 0 aromatic heterocycles. The Kier molecular flexibility index (Phi) is 6.92. The van der Waals surface area contributed by atoms with Crippen molar-refractivity contribution >= 4 is 42.9 Å². The number of unbranched alkanes of at least 4 members (excludes halogenated alkanes) is 1. The molecule has 0 N–H and O–H groups in total. The van der Waals surface area contributed by atoms with Crippen molar-refractivity contribution < 1.29 is 9.47 Å². The van der Waals surface area contributed by atoms with Crippen LogP contribution in [0.4, 0.5) is 0 Å². The molecule has 5 heteroatoms. The van der Waals surface area contributed by atoms with E-state index in [1.54, 1.807) is 11.8 Å². The first-order chi connectivity index (χ1) is 13.8. The predicted octanol–water partition coefficient (Wildman–Crippen LogP) is 6.27. The number of ether oxygens (including phenoxy) is 2. The van der Waals surface area contributed by atoms with E-state index < -0.39 is 0 Å². The molecule has 0 unspecified atom stereocenters. The molecule has 0 aliphatic carbocycles. The van der Waals surface area contributed by atoms with Crippen molar-refractivity contribution in [2.24, 2.45) is 0 Å². The zero-order valence-electron chi connectivity index (χ0n) is 15.7.